The topological polar surface area (TPSA) is 58.4 Å². The Morgan fingerprint density at radius 2 is 2.06 bits per heavy atom. The molecule has 1 amide bonds. The molecule has 0 aliphatic carbocycles. The molecule has 96 valence electrons. The van der Waals surface area contributed by atoms with E-state index in [-0.39, 0.29) is 11.9 Å². The van der Waals surface area contributed by atoms with Gasteiger partial charge in [0.15, 0.2) is 0 Å². The lowest BCUT2D eigenvalue weighted by Crippen LogP contribution is -2.50. The van der Waals surface area contributed by atoms with Crippen LogP contribution in [0.25, 0.3) is 0 Å². The van der Waals surface area contributed by atoms with Gasteiger partial charge in [0, 0.05) is 12.6 Å². The molecule has 4 heteroatoms. The fraction of sp³-hybridized carbons (Fsp3) is 0.917. The number of carbonyl (C=O) groups excluding carboxylic acids is 1. The molecule has 4 nitrogen and oxygen atoms in total. The summed E-state index contributed by atoms with van der Waals surface area (Å²) in [5, 5.41) is 2.97. The van der Waals surface area contributed by atoms with Crippen molar-refractivity contribution in [2.45, 2.75) is 52.1 Å². The molecule has 0 radical (unpaired) electrons. The van der Waals surface area contributed by atoms with E-state index in [9.17, 15) is 4.79 Å². The lowest BCUT2D eigenvalue weighted by molar-refractivity contribution is -0.120. The number of carbonyl (C=O) groups is 1. The maximum absolute atomic E-state index is 11.2. The molecular weight excluding hydrogens is 202 g/mol. The van der Waals surface area contributed by atoms with Crippen LogP contribution in [0.2, 0.25) is 0 Å². The molecule has 0 saturated carbocycles. The van der Waals surface area contributed by atoms with E-state index in [0.717, 1.165) is 13.0 Å². The molecule has 0 bridgehead atoms. The van der Waals surface area contributed by atoms with Gasteiger partial charge in [-0.1, -0.05) is 20.3 Å². The van der Waals surface area contributed by atoms with Crippen LogP contribution < -0.4 is 11.1 Å². The van der Waals surface area contributed by atoms with Crippen molar-refractivity contribution in [1.82, 2.24) is 10.2 Å². The maximum Gasteiger partial charge on any atom is 0.235 e. The molecule has 2 atom stereocenters. The van der Waals surface area contributed by atoms with Crippen LogP contribution in [0.15, 0.2) is 0 Å². The molecule has 0 rings (SSSR count). The van der Waals surface area contributed by atoms with Crippen molar-refractivity contribution in [2.75, 3.05) is 20.1 Å². The molecule has 0 saturated heterocycles. The van der Waals surface area contributed by atoms with Gasteiger partial charge in [-0.15, -0.1) is 0 Å². The Morgan fingerprint density at radius 1 is 1.44 bits per heavy atom. The Kier molecular flexibility index (Phi) is 8.21. The Balaban J connectivity index is 4.32. The van der Waals surface area contributed by atoms with E-state index in [2.05, 4.69) is 31.0 Å². The van der Waals surface area contributed by atoms with Gasteiger partial charge in [0.25, 0.3) is 0 Å². The molecule has 2 unspecified atom stereocenters. The third kappa shape index (κ3) is 5.47. The molecule has 0 aromatic carbocycles. The van der Waals surface area contributed by atoms with E-state index in [1.165, 1.54) is 12.8 Å². The standard InChI is InChI=1S/C12H27N3O/c1-5-7-8-15(10(3)6-2)9-11(14-4)12(13)16/h10-11,14H,5-9H2,1-4H3,(H2,13,16). The zero-order valence-corrected chi connectivity index (χ0v) is 11.1. The van der Waals surface area contributed by atoms with Crippen LogP contribution in [0.1, 0.15) is 40.0 Å². The normalized spacial score (nSPS) is 15.1. The Morgan fingerprint density at radius 3 is 2.44 bits per heavy atom. The Labute approximate surface area is 99.6 Å². The van der Waals surface area contributed by atoms with Gasteiger partial charge in [0.05, 0.1) is 6.04 Å². The summed E-state index contributed by atoms with van der Waals surface area (Å²) in [7, 11) is 1.78. The summed E-state index contributed by atoms with van der Waals surface area (Å²) in [6.45, 7) is 8.29. The van der Waals surface area contributed by atoms with Crippen molar-refractivity contribution in [3.05, 3.63) is 0 Å². The summed E-state index contributed by atoms with van der Waals surface area (Å²) in [5.41, 5.74) is 5.34. The van der Waals surface area contributed by atoms with Crippen molar-refractivity contribution in [3.8, 4) is 0 Å². The molecular formula is C12H27N3O. The average Bonchev–Trinajstić information content (AvgIpc) is 2.28. The van der Waals surface area contributed by atoms with Crippen LogP contribution in [-0.2, 0) is 4.79 Å². The maximum atomic E-state index is 11.2. The fourth-order valence-electron chi connectivity index (χ4n) is 1.67. The molecule has 0 heterocycles. The first-order valence-corrected chi connectivity index (χ1v) is 6.27. The summed E-state index contributed by atoms with van der Waals surface area (Å²) in [5.74, 6) is -0.271. The van der Waals surface area contributed by atoms with Crippen molar-refractivity contribution in [3.63, 3.8) is 0 Å². The zero-order chi connectivity index (χ0) is 12.6. The third-order valence-electron chi connectivity index (χ3n) is 3.12. The van der Waals surface area contributed by atoms with E-state index in [0.29, 0.717) is 12.6 Å². The van der Waals surface area contributed by atoms with Gasteiger partial charge in [0.1, 0.15) is 0 Å². The number of nitrogens with zero attached hydrogens (tertiary/aromatic N) is 1. The number of primary amides is 1. The highest BCUT2D eigenvalue weighted by molar-refractivity contribution is 5.80. The second-order valence-electron chi connectivity index (χ2n) is 4.35. The lowest BCUT2D eigenvalue weighted by Gasteiger charge is -2.30. The van der Waals surface area contributed by atoms with Gasteiger partial charge in [-0.3, -0.25) is 9.69 Å². The second kappa shape index (κ2) is 8.53. The van der Waals surface area contributed by atoms with Crippen molar-refractivity contribution < 1.29 is 4.79 Å². The number of unbranched alkanes of at least 4 members (excludes halogenated alkanes) is 1. The quantitative estimate of drug-likeness (QED) is 0.619. The SMILES string of the molecule is CCCCN(CC(NC)C(N)=O)C(C)CC. The number of amides is 1. The van der Waals surface area contributed by atoms with Gasteiger partial charge in [0.2, 0.25) is 5.91 Å². The molecule has 0 aromatic rings. The third-order valence-corrected chi connectivity index (χ3v) is 3.12. The number of nitrogens with one attached hydrogen (secondary N) is 1. The van der Waals surface area contributed by atoms with Crippen molar-refractivity contribution in [2.24, 2.45) is 5.73 Å². The summed E-state index contributed by atoms with van der Waals surface area (Å²) in [6.07, 6.45) is 3.44. The number of rotatable bonds is 9. The number of hydrogen-bond acceptors (Lipinski definition) is 3. The molecule has 0 spiro atoms. The molecule has 16 heavy (non-hydrogen) atoms. The molecule has 0 fully saturated rings. The monoisotopic (exact) mass is 229 g/mol. The summed E-state index contributed by atoms with van der Waals surface area (Å²) < 4.78 is 0. The fourth-order valence-corrected chi connectivity index (χ4v) is 1.67. The first kappa shape index (κ1) is 15.4. The minimum atomic E-state index is -0.271. The van der Waals surface area contributed by atoms with Crippen LogP contribution in [0.4, 0.5) is 0 Å². The number of likely N-dealkylation sites (N-methyl/N-ethyl adjacent to an activating group) is 1. The smallest absolute Gasteiger partial charge is 0.235 e. The lowest BCUT2D eigenvalue weighted by atomic mass is 10.1. The van der Waals surface area contributed by atoms with Crippen molar-refractivity contribution >= 4 is 5.91 Å². The average molecular weight is 229 g/mol. The summed E-state index contributed by atoms with van der Waals surface area (Å²) in [6, 6.07) is 0.257. The van der Waals surface area contributed by atoms with Crippen molar-refractivity contribution in [1.29, 1.82) is 0 Å². The summed E-state index contributed by atoms with van der Waals surface area (Å²) in [4.78, 5) is 13.5. The first-order chi connectivity index (χ1) is 7.56. The Bertz CT molecular complexity index is 197. The van der Waals surface area contributed by atoms with Gasteiger partial charge in [-0.25, -0.2) is 0 Å². The van der Waals surface area contributed by atoms with Crippen LogP contribution in [0.5, 0.6) is 0 Å². The van der Waals surface area contributed by atoms with E-state index < -0.39 is 0 Å². The molecule has 0 aliphatic rings. The predicted octanol–water partition coefficient (Wildman–Crippen LogP) is 0.960. The predicted molar refractivity (Wildman–Crippen MR) is 68.3 cm³/mol. The Hall–Kier alpha value is -0.610. The summed E-state index contributed by atoms with van der Waals surface area (Å²) >= 11 is 0. The highest BCUT2D eigenvalue weighted by Gasteiger charge is 2.19. The van der Waals surface area contributed by atoms with Crippen LogP contribution >= 0.6 is 0 Å². The molecule has 3 N–H and O–H groups in total. The number of hydrogen-bond donors (Lipinski definition) is 2. The second-order valence-corrected chi connectivity index (χ2v) is 4.35. The van der Waals surface area contributed by atoms with Gasteiger partial charge in [-0.05, 0) is 33.4 Å². The zero-order valence-electron chi connectivity index (χ0n) is 11.1. The van der Waals surface area contributed by atoms with E-state index in [4.69, 9.17) is 5.73 Å². The number of nitrogens with two attached hydrogens (primary N) is 1. The minimum absolute atomic E-state index is 0.245. The van der Waals surface area contributed by atoms with Gasteiger partial charge in [-0.2, -0.15) is 0 Å². The largest absolute Gasteiger partial charge is 0.368 e. The van der Waals surface area contributed by atoms with Crippen LogP contribution in [0.3, 0.4) is 0 Å². The van der Waals surface area contributed by atoms with E-state index in [1.54, 1.807) is 7.05 Å². The van der Waals surface area contributed by atoms with E-state index >= 15 is 0 Å². The first-order valence-electron chi connectivity index (χ1n) is 6.27. The van der Waals surface area contributed by atoms with Crippen LogP contribution in [-0.4, -0.2) is 43.0 Å². The molecule has 0 aliphatic heterocycles. The molecule has 0 aromatic heterocycles. The van der Waals surface area contributed by atoms with Gasteiger partial charge < -0.3 is 11.1 Å². The van der Waals surface area contributed by atoms with Gasteiger partial charge >= 0.3 is 0 Å². The highest BCUT2D eigenvalue weighted by atomic mass is 16.1. The minimum Gasteiger partial charge on any atom is -0.368 e. The highest BCUT2D eigenvalue weighted by Crippen LogP contribution is 2.06. The van der Waals surface area contributed by atoms with Crippen LogP contribution in [0, 0.1) is 0 Å². The van der Waals surface area contributed by atoms with E-state index in [1.807, 2.05) is 0 Å².